The second kappa shape index (κ2) is 17.3. The summed E-state index contributed by atoms with van der Waals surface area (Å²) >= 11 is 0. The molecule has 0 atom stereocenters. The molecule has 5 nitrogen and oxygen atoms in total. The monoisotopic (exact) mass is 158 g/mol. The summed E-state index contributed by atoms with van der Waals surface area (Å²) in [6, 6.07) is 0. The Kier molecular flexibility index (Phi) is 39.4. The maximum absolute atomic E-state index is 8.36. The van der Waals surface area contributed by atoms with Gasteiger partial charge in [0.05, 0.1) is 0 Å². The van der Waals surface area contributed by atoms with Gasteiger partial charge in [-0.15, -0.1) is 10.1 Å². The van der Waals surface area contributed by atoms with Crippen molar-refractivity contribution in [3.63, 3.8) is 0 Å². The van der Waals surface area contributed by atoms with Gasteiger partial charge in [0.1, 0.15) is 0 Å². The van der Waals surface area contributed by atoms with E-state index >= 15 is 0 Å². The van der Waals surface area contributed by atoms with Crippen molar-refractivity contribution in [2.45, 2.75) is 0 Å². The normalized spacial score (nSPS) is 4.29. The maximum Gasteiger partial charge on any atom is 0.291 e. The SMILES string of the molecule is CO.O=[N+]([O-])O.[Cu]. The summed E-state index contributed by atoms with van der Waals surface area (Å²) in [5.41, 5.74) is 0. The molecule has 0 aromatic heterocycles. The molecule has 0 unspecified atom stereocenters. The minimum Gasteiger partial charge on any atom is -0.400 e. The van der Waals surface area contributed by atoms with E-state index in [0.29, 0.717) is 0 Å². The topological polar surface area (TPSA) is 83.6 Å². The third kappa shape index (κ3) is 748. The number of aliphatic hydroxyl groups excluding tert-OH is 1. The van der Waals surface area contributed by atoms with Gasteiger partial charge in [0, 0.05) is 24.2 Å². The molecule has 0 bridgehead atoms. The van der Waals surface area contributed by atoms with E-state index < -0.39 is 5.09 Å². The summed E-state index contributed by atoms with van der Waals surface area (Å²) in [7, 11) is 1.00. The van der Waals surface area contributed by atoms with E-state index in [1.54, 1.807) is 0 Å². The van der Waals surface area contributed by atoms with Crippen molar-refractivity contribution in [3.8, 4) is 0 Å². The fraction of sp³-hybridized carbons (Fsp3) is 1.00. The zero-order valence-corrected chi connectivity index (χ0v) is 4.40. The summed E-state index contributed by atoms with van der Waals surface area (Å²) in [5, 5.41) is 20.6. The van der Waals surface area contributed by atoms with Gasteiger partial charge in [-0.1, -0.05) is 0 Å². The molecule has 0 aliphatic heterocycles. The summed E-state index contributed by atoms with van der Waals surface area (Å²) in [6.45, 7) is 0. The Bertz CT molecular complexity index is 34.7. The molecular weight excluding hydrogens is 154 g/mol. The van der Waals surface area contributed by atoms with Crippen LogP contribution in [0.4, 0.5) is 0 Å². The molecule has 0 saturated heterocycles. The molecule has 0 aliphatic carbocycles. The van der Waals surface area contributed by atoms with Gasteiger partial charge in [0.15, 0.2) is 0 Å². The molecular formula is CH5CuNO4. The molecule has 0 aliphatic rings. The Labute approximate surface area is 50.5 Å². The van der Waals surface area contributed by atoms with Crippen LogP contribution < -0.4 is 0 Å². The average Bonchev–Trinajstić information content (AvgIpc) is 1.41. The summed E-state index contributed by atoms with van der Waals surface area (Å²) in [5.74, 6) is 0. The maximum atomic E-state index is 8.36. The predicted molar refractivity (Wildman–Crippen MR) is 16.9 cm³/mol. The summed E-state index contributed by atoms with van der Waals surface area (Å²) in [6.07, 6.45) is 0. The standard InChI is InChI=1S/CH4O.Cu.HNO3/c1-2;;2-1(3)4/h2H,1H3;;(H,2,3,4). The minimum absolute atomic E-state index is 0. The molecule has 0 fully saturated rings. The largest absolute Gasteiger partial charge is 0.400 e. The van der Waals surface area contributed by atoms with E-state index in [0.717, 1.165) is 7.11 Å². The van der Waals surface area contributed by atoms with E-state index in [-0.39, 0.29) is 17.1 Å². The molecule has 0 saturated carbocycles. The van der Waals surface area contributed by atoms with Crippen molar-refractivity contribution in [2.24, 2.45) is 0 Å². The minimum atomic E-state index is -1.50. The van der Waals surface area contributed by atoms with E-state index in [1.165, 1.54) is 0 Å². The Balaban J connectivity index is -0.0000000480. The number of nitrogens with zero attached hydrogens (tertiary/aromatic N) is 1. The first-order chi connectivity index (χ1) is 2.73. The molecule has 0 heterocycles. The Morgan fingerprint density at radius 2 is 1.57 bits per heavy atom. The van der Waals surface area contributed by atoms with Crippen molar-refractivity contribution in [2.75, 3.05) is 7.11 Å². The molecule has 0 amide bonds. The molecule has 0 aromatic rings. The van der Waals surface area contributed by atoms with Crippen LogP contribution in [0.15, 0.2) is 0 Å². The van der Waals surface area contributed by atoms with Crippen LogP contribution in [0.25, 0.3) is 0 Å². The molecule has 1 radical (unpaired) electrons. The molecule has 0 spiro atoms. The molecule has 2 N–H and O–H groups in total. The van der Waals surface area contributed by atoms with Gasteiger partial charge in [0.25, 0.3) is 5.09 Å². The second-order valence-corrected chi connectivity index (χ2v) is 0.238. The molecule has 49 valence electrons. The number of aliphatic hydroxyl groups is 1. The van der Waals surface area contributed by atoms with E-state index in [9.17, 15) is 0 Å². The fourth-order valence-corrected chi connectivity index (χ4v) is 0. The van der Waals surface area contributed by atoms with Crippen molar-refractivity contribution in [1.82, 2.24) is 0 Å². The number of hydrogen-bond acceptors (Lipinski definition) is 3. The van der Waals surface area contributed by atoms with Gasteiger partial charge in [-0.25, -0.2) is 0 Å². The molecule has 6 heteroatoms. The van der Waals surface area contributed by atoms with E-state index in [4.69, 9.17) is 20.4 Å². The van der Waals surface area contributed by atoms with Crippen molar-refractivity contribution in [3.05, 3.63) is 10.1 Å². The zero-order chi connectivity index (χ0) is 5.58. The van der Waals surface area contributed by atoms with Crippen LogP contribution in [0.3, 0.4) is 0 Å². The smallest absolute Gasteiger partial charge is 0.291 e. The van der Waals surface area contributed by atoms with Gasteiger partial charge in [0.2, 0.25) is 0 Å². The van der Waals surface area contributed by atoms with Crippen molar-refractivity contribution >= 4 is 0 Å². The predicted octanol–water partition coefficient (Wildman–Crippen LogP) is -0.742. The second-order valence-electron chi connectivity index (χ2n) is 0.238. The van der Waals surface area contributed by atoms with Crippen LogP contribution in [-0.2, 0) is 17.1 Å². The van der Waals surface area contributed by atoms with Gasteiger partial charge in [-0.3, -0.25) is 0 Å². The fourth-order valence-electron chi connectivity index (χ4n) is 0. The Morgan fingerprint density at radius 3 is 1.57 bits per heavy atom. The van der Waals surface area contributed by atoms with E-state index in [2.05, 4.69) is 0 Å². The van der Waals surface area contributed by atoms with Crippen molar-refractivity contribution in [1.29, 1.82) is 0 Å². The summed E-state index contributed by atoms with van der Waals surface area (Å²) in [4.78, 5) is 8.36. The van der Waals surface area contributed by atoms with Crippen molar-refractivity contribution < 1.29 is 32.5 Å². The third-order valence-corrected chi connectivity index (χ3v) is 0. The number of rotatable bonds is 0. The van der Waals surface area contributed by atoms with Gasteiger partial charge < -0.3 is 10.3 Å². The first-order valence-corrected chi connectivity index (χ1v) is 1.01. The molecule has 7 heavy (non-hydrogen) atoms. The molecule has 0 aromatic carbocycles. The summed E-state index contributed by atoms with van der Waals surface area (Å²) < 4.78 is 0. The van der Waals surface area contributed by atoms with E-state index in [1.807, 2.05) is 0 Å². The number of hydrogen-bond donors (Lipinski definition) is 2. The van der Waals surface area contributed by atoms with Crippen LogP contribution in [0.1, 0.15) is 0 Å². The first-order valence-electron chi connectivity index (χ1n) is 1.01. The third-order valence-electron chi connectivity index (χ3n) is 0. The van der Waals surface area contributed by atoms with Crippen LogP contribution in [0.5, 0.6) is 0 Å². The van der Waals surface area contributed by atoms with Gasteiger partial charge >= 0.3 is 0 Å². The first kappa shape index (κ1) is 15.9. The Morgan fingerprint density at radius 1 is 1.57 bits per heavy atom. The van der Waals surface area contributed by atoms with Crippen LogP contribution in [0, 0.1) is 10.1 Å². The van der Waals surface area contributed by atoms with Crippen LogP contribution in [-0.4, -0.2) is 22.5 Å². The van der Waals surface area contributed by atoms with Gasteiger partial charge in [-0.2, -0.15) is 0 Å². The van der Waals surface area contributed by atoms with Crippen LogP contribution >= 0.6 is 0 Å². The Hall–Kier alpha value is -0.321. The zero-order valence-electron chi connectivity index (χ0n) is 3.46. The quantitative estimate of drug-likeness (QED) is 0.276. The van der Waals surface area contributed by atoms with Crippen LogP contribution in [0.2, 0.25) is 0 Å². The van der Waals surface area contributed by atoms with Gasteiger partial charge in [-0.05, 0) is 0 Å². The molecule has 0 rings (SSSR count). The average molecular weight is 159 g/mol.